The number of aromatic nitrogens is 1. The van der Waals surface area contributed by atoms with Crippen LogP contribution in [0.2, 0.25) is 0 Å². The van der Waals surface area contributed by atoms with E-state index in [-0.39, 0.29) is 0 Å². The molecule has 1 aromatic heterocycles. The number of ether oxygens (including phenoxy) is 4. The van der Waals surface area contributed by atoms with Crippen molar-refractivity contribution in [1.29, 1.82) is 0 Å². The lowest BCUT2D eigenvalue weighted by Gasteiger charge is -2.15. The van der Waals surface area contributed by atoms with E-state index in [0.29, 0.717) is 28.7 Å². The van der Waals surface area contributed by atoms with E-state index >= 15 is 0 Å². The average Bonchev–Trinajstić information content (AvgIpc) is 2.71. The van der Waals surface area contributed by atoms with Gasteiger partial charge < -0.3 is 18.9 Å². The van der Waals surface area contributed by atoms with E-state index in [0.717, 1.165) is 27.6 Å². The Morgan fingerprint density at radius 2 is 1.67 bits per heavy atom. The SMILES string of the molecule is CCOc1ccc2c(C(=S)c3cc(OC)c(OC)c(OC)c3)cncc2c1. The van der Waals surface area contributed by atoms with Gasteiger partial charge in [0.1, 0.15) is 5.75 Å². The minimum Gasteiger partial charge on any atom is -0.494 e. The third-order valence-corrected chi connectivity index (χ3v) is 4.67. The Bertz CT molecular complexity index is 962. The number of thiocarbonyl (C=S) groups is 1. The van der Waals surface area contributed by atoms with Crippen LogP contribution in [-0.4, -0.2) is 37.8 Å². The lowest BCUT2D eigenvalue weighted by Crippen LogP contribution is -2.04. The highest BCUT2D eigenvalue weighted by Gasteiger charge is 2.17. The summed E-state index contributed by atoms with van der Waals surface area (Å²) in [7, 11) is 4.74. The fourth-order valence-corrected chi connectivity index (χ4v) is 3.24. The van der Waals surface area contributed by atoms with Crippen molar-refractivity contribution in [2.24, 2.45) is 0 Å². The van der Waals surface area contributed by atoms with Crippen molar-refractivity contribution in [2.45, 2.75) is 6.92 Å². The number of fused-ring (bicyclic) bond motifs is 1. The Morgan fingerprint density at radius 1 is 0.963 bits per heavy atom. The van der Waals surface area contributed by atoms with Gasteiger partial charge in [-0.05, 0) is 42.6 Å². The summed E-state index contributed by atoms with van der Waals surface area (Å²) in [5.41, 5.74) is 1.66. The van der Waals surface area contributed by atoms with Crippen LogP contribution in [0, 0.1) is 0 Å². The number of hydrogen-bond acceptors (Lipinski definition) is 6. The Kier molecular flexibility index (Phi) is 5.76. The van der Waals surface area contributed by atoms with Gasteiger partial charge >= 0.3 is 0 Å². The van der Waals surface area contributed by atoms with E-state index in [1.165, 1.54) is 0 Å². The minimum atomic E-state index is 0.531. The third kappa shape index (κ3) is 3.66. The van der Waals surface area contributed by atoms with E-state index in [9.17, 15) is 0 Å². The highest BCUT2D eigenvalue weighted by molar-refractivity contribution is 7.81. The molecule has 140 valence electrons. The van der Waals surface area contributed by atoms with Gasteiger partial charge in [0.05, 0.1) is 32.8 Å². The Labute approximate surface area is 163 Å². The largest absolute Gasteiger partial charge is 0.494 e. The van der Waals surface area contributed by atoms with Crippen molar-refractivity contribution >= 4 is 27.9 Å². The molecular formula is C21H21NO4S. The molecule has 0 saturated heterocycles. The van der Waals surface area contributed by atoms with Crippen LogP contribution in [0.1, 0.15) is 18.1 Å². The van der Waals surface area contributed by atoms with Crippen molar-refractivity contribution in [3.05, 3.63) is 53.9 Å². The molecule has 3 rings (SSSR count). The van der Waals surface area contributed by atoms with E-state index in [1.807, 2.05) is 37.3 Å². The predicted octanol–water partition coefficient (Wildman–Crippen LogP) is 4.43. The molecule has 0 spiro atoms. The molecule has 0 saturated carbocycles. The molecule has 3 aromatic rings. The van der Waals surface area contributed by atoms with Gasteiger partial charge in [-0.3, -0.25) is 4.98 Å². The van der Waals surface area contributed by atoms with Crippen molar-refractivity contribution in [1.82, 2.24) is 4.98 Å². The van der Waals surface area contributed by atoms with Crippen molar-refractivity contribution in [3.8, 4) is 23.0 Å². The first-order chi connectivity index (χ1) is 13.1. The van der Waals surface area contributed by atoms with Crippen LogP contribution in [0.25, 0.3) is 10.8 Å². The Balaban J connectivity index is 2.11. The quantitative estimate of drug-likeness (QED) is 0.444. The molecule has 1 heterocycles. The molecule has 0 bridgehead atoms. The number of nitrogens with zero attached hydrogens (tertiary/aromatic N) is 1. The van der Waals surface area contributed by atoms with Gasteiger partial charge in [-0.15, -0.1) is 0 Å². The Morgan fingerprint density at radius 3 is 2.26 bits per heavy atom. The maximum absolute atomic E-state index is 5.77. The molecule has 0 unspecified atom stereocenters. The van der Waals surface area contributed by atoms with Gasteiger partial charge in [0.15, 0.2) is 11.5 Å². The van der Waals surface area contributed by atoms with Gasteiger partial charge in [0.2, 0.25) is 5.75 Å². The highest BCUT2D eigenvalue weighted by Crippen LogP contribution is 2.39. The molecule has 5 nitrogen and oxygen atoms in total. The van der Waals surface area contributed by atoms with Crippen LogP contribution in [0.4, 0.5) is 0 Å². The maximum atomic E-state index is 5.77. The molecule has 0 atom stereocenters. The van der Waals surface area contributed by atoms with Crippen molar-refractivity contribution < 1.29 is 18.9 Å². The predicted molar refractivity (Wildman–Crippen MR) is 110 cm³/mol. The van der Waals surface area contributed by atoms with Crippen LogP contribution in [0.5, 0.6) is 23.0 Å². The van der Waals surface area contributed by atoms with E-state index < -0.39 is 0 Å². The van der Waals surface area contributed by atoms with Crippen LogP contribution >= 0.6 is 12.2 Å². The molecule has 27 heavy (non-hydrogen) atoms. The summed E-state index contributed by atoms with van der Waals surface area (Å²) < 4.78 is 21.8. The smallest absolute Gasteiger partial charge is 0.203 e. The number of hydrogen-bond donors (Lipinski definition) is 0. The van der Waals surface area contributed by atoms with E-state index in [2.05, 4.69) is 4.98 Å². The summed E-state index contributed by atoms with van der Waals surface area (Å²) in [6, 6.07) is 9.59. The monoisotopic (exact) mass is 383 g/mol. The second-order valence-electron chi connectivity index (χ2n) is 5.75. The van der Waals surface area contributed by atoms with Crippen LogP contribution < -0.4 is 18.9 Å². The fraction of sp³-hybridized carbons (Fsp3) is 0.238. The zero-order chi connectivity index (χ0) is 19.4. The van der Waals surface area contributed by atoms with Crippen molar-refractivity contribution in [2.75, 3.05) is 27.9 Å². The molecule has 0 fully saturated rings. The first-order valence-corrected chi connectivity index (χ1v) is 8.89. The second-order valence-corrected chi connectivity index (χ2v) is 6.15. The zero-order valence-corrected chi connectivity index (χ0v) is 16.6. The molecule has 0 radical (unpaired) electrons. The van der Waals surface area contributed by atoms with Gasteiger partial charge in [-0.1, -0.05) is 12.2 Å². The first kappa shape index (κ1) is 18.9. The highest BCUT2D eigenvalue weighted by atomic mass is 32.1. The Hall–Kier alpha value is -2.86. The third-order valence-electron chi connectivity index (χ3n) is 4.21. The van der Waals surface area contributed by atoms with Gasteiger partial charge in [-0.25, -0.2) is 0 Å². The minimum absolute atomic E-state index is 0.531. The molecule has 0 aliphatic rings. The molecule has 0 aliphatic carbocycles. The molecule has 0 aliphatic heterocycles. The number of rotatable bonds is 7. The number of pyridine rings is 1. The van der Waals surface area contributed by atoms with Gasteiger partial charge in [0, 0.05) is 28.9 Å². The summed E-state index contributed by atoms with van der Waals surface area (Å²) in [4.78, 5) is 5.00. The molecular weight excluding hydrogens is 362 g/mol. The second kappa shape index (κ2) is 8.22. The topological polar surface area (TPSA) is 49.8 Å². The average molecular weight is 383 g/mol. The summed E-state index contributed by atoms with van der Waals surface area (Å²) >= 11 is 5.77. The van der Waals surface area contributed by atoms with E-state index in [4.69, 9.17) is 31.2 Å². The van der Waals surface area contributed by atoms with Crippen LogP contribution in [0.15, 0.2) is 42.7 Å². The number of benzene rings is 2. The van der Waals surface area contributed by atoms with Gasteiger partial charge in [0.25, 0.3) is 0 Å². The summed E-state index contributed by atoms with van der Waals surface area (Å²) in [6.45, 7) is 2.57. The lowest BCUT2D eigenvalue weighted by molar-refractivity contribution is 0.324. The molecule has 6 heteroatoms. The summed E-state index contributed by atoms with van der Waals surface area (Å²) in [6.07, 6.45) is 3.58. The van der Waals surface area contributed by atoms with E-state index in [1.54, 1.807) is 33.7 Å². The molecule has 0 N–H and O–H groups in total. The maximum Gasteiger partial charge on any atom is 0.203 e. The first-order valence-electron chi connectivity index (χ1n) is 8.48. The fourth-order valence-electron chi connectivity index (χ4n) is 2.96. The summed E-state index contributed by atoms with van der Waals surface area (Å²) in [5, 5.41) is 1.97. The van der Waals surface area contributed by atoms with Gasteiger partial charge in [-0.2, -0.15) is 0 Å². The lowest BCUT2D eigenvalue weighted by atomic mass is 10.00. The number of methoxy groups -OCH3 is 3. The summed E-state index contributed by atoms with van der Waals surface area (Å²) in [5.74, 6) is 2.45. The molecule has 0 amide bonds. The molecule has 2 aromatic carbocycles. The standard InChI is InChI=1S/C21H21NO4S/c1-5-26-15-6-7-16-14(8-15)11-22-12-17(16)21(27)13-9-18(23-2)20(25-4)19(10-13)24-3/h6-12H,5H2,1-4H3. The normalized spacial score (nSPS) is 10.5. The van der Waals surface area contributed by atoms with Crippen LogP contribution in [0.3, 0.4) is 0 Å². The zero-order valence-electron chi connectivity index (χ0n) is 15.7. The van der Waals surface area contributed by atoms with Crippen molar-refractivity contribution in [3.63, 3.8) is 0 Å². The van der Waals surface area contributed by atoms with Crippen LogP contribution in [-0.2, 0) is 0 Å².